The lowest BCUT2D eigenvalue weighted by Crippen LogP contribution is -2.36. The average molecular weight is 221 g/mol. The summed E-state index contributed by atoms with van der Waals surface area (Å²) >= 11 is 0. The molecule has 1 atom stereocenters. The fraction of sp³-hybridized carbons (Fsp3) is 0.571. The topological polar surface area (TPSA) is 32.3 Å². The summed E-state index contributed by atoms with van der Waals surface area (Å²) in [6, 6.07) is 6.22. The van der Waals surface area contributed by atoms with Crippen LogP contribution in [0.15, 0.2) is 18.2 Å². The summed E-state index contributed by atoms with van der Waals surface area (Å²) in [5, 5.41) is 13.7. The molecule has 0 heterocycles. The van der Waals surface area contributed by atoms with Crippen LogP contribution in [0, 0.1) is 13.8 Å². The lowest BCUT2D eigenvalue weighted by molar-refractivity contribution is 0.0565. The Bertz CT molecular complexity index is 345. The highest BCUT2D eigenvalue weighted by Crippen LogP contribution is 2.24. The van der Waals surface area contributed by atoms with Crippen molar-refractivity contribution in [3.05, 3.63) is 34.9 Å². The summed E-state index contributed by atoms with van der Waals surface area (Å²) in [6.07, 6.45) is 1.09. The Morgan fingerprint density at radius 3 is 2.62 bits per heavy atom. The van der Waals surface area contributed by atoms with E-state index in [0.29, 0.717) is 6.54 Å². The standard InChI is InChI=1S/C14H23NO/c1-5-8-15-10-14(4,16)13-9-11(2)6-7-12(13)3/h6-7,9,15-16H,5,8,10H2,1-4H3. The minimum Gasteiger partial charge on any atom is -0.384 e. The highest BCUT2D eigenvalue weighted by molar-refractivity contribution is 5.34. The Labute approximate surface area is 98.7 Å². The lowest BCUT2D eigenvalue weighted by Gasteiger charge is -2.26. The summed E-state index contributed by atoms with van der Waals surface area (Å²) in [5.41, 5.74) is 2.58. The van der Waals surface area contributed by atoms with E-state index in [4.69, 9.17) is 0 Å². The van der Waals surface area contributed by atoms with Gasteiger partial charge in [-0.25, -0.2) is 0 Å². The largest absolute Gasteiger partial charge is 0.384 e. The van der Waals surface area contributed by atoms with Crippen molar-refractivity contribution < 1.29 is 5.11 Å². The minimum atomic E-state index is -0.786. The average Bonchev–Trinajstić information content (AvgIpc) is 2.22. The van der Waals surface area contributed by atoms with Crippen LogP contribution in [0.4, 0.5) is 0 Å². The van der Waals surface area contributed by atoms with Crippen molar-refractivity contribution in [1.82, 2.24) is 5.32 Å². The number of nitrogens with one attached hydrogen (secondary N) is 1. The second kappa shape index (κ2) is 5.46. The van der Waals surface area contributed by atoms with Crippen molar-refractivity contribution in [2.75, 3.05) is 13.1 Å². The predicted molar refractivity (Wildman–Crippen MR) is 68.6 cm³/mol. The van der Waals surface area contributed by atoms with Crippen LogP contribution in [0.2, 0.25) is 0 Å². The number of hydrogen-bond donors (Lipinski definition) is 2. The van der Waals surface area contributed by atoms with Crippen molar-refractivity contribution in [2.45, 2.75) is 39.7 Å². The SMILES string of the molecule is CCCNCC(C)(O)c1cc(C)ccc1C. The molecule has 2 heteroatoms. The van der Waals surface area contributed by atoms with Crippen molar-refractivity contribution in [1.29, 1.82) is 0 Å². The minimum absolute atomic E-state index is 0.602. The number of benzene rings is 1. The Morgan fingerprint density at radius 2 is 2.00 bits per heavy atom. The van der Waals surface area contributed by atoms with Gasteiger partial charge in [0.2, 0.25) is 0 Å². The van der Waals surface area contributed by atoms with Gasteiger partial charge in [-0.05, 0) is 44.9 Å². The van der Waals surface area contributed by atoms with E-state index in [1.807, 2.05) is 13.8 Å². The fourth-order valence-corrected chi connectivity index (χ4v) is 1.92. The highest BCUT2D eigenvalue weighted by atomic mass is 16.3. The smallest absolute Gasteiger partial charge is 0.0994 e. The van der Waals surface area contributed by atoms with Gasteiger partial charge in [0.15, 0.2) is 0 Å². The van der Waals surface area contributed by atoms with Crippen LogP contribution >= 0.6 is 0 Å². The van der Waals surface area contributed by atoms with E-state index in [2.05, 4.69) is 37.4 Å². The molecule has 0 saturated heterocycles. The van der Waals surface area contributed by atoms with Crippen LogP contribution in [0.3, 0.4) is 0 Å². The summed E-state index contributed by atoms with van der Waals surface area (Å²) < 4.78 is 0. The first-order valence-corrected chi connectivity index (χ1v) is 5.98. The maximum atomic E-state index is 10.5. The van der Waals surface area contributed by atoms with E-state index in [-0.39, 0.29) is 0 Å². The molecule has 1 unspecified atom stereocenters. The zero-order valence-corrected chi connectivity index (χ0v) is 10.8. The van der Waals surface area contributed by atoms with E-state index in [1.165, 1.54) is 5.56 Å². The van der Waals surface area contributed by atoms with Crippen molar-refractivity contribution in [3.63, 3.8) is 0 Å². The summed E-state index contributed by atoms with van der Waals surface area (Å²) in [5.74, 6) is 0. The molecule has 1 aromatic carbocycles. The number of rotatable bonds is 5. The molecule has 0 amide bonds. The van der Waals surface area contributed by atoms with Crippen LogP contribution in [-0.2, 0) is 5.60 Å². The Morgan fingerprint density at radius 1 is 1.31 bits per heavy atom. The predicted octanol–water partition coefficient (Wildman–Crippen LogP) is 2.51. The van der Waals surface area contributed by atoms with Gasteiger partial charge in [0, 0.05) is 6.54 Å². The highest BCUT2D eigenvalue weighted by Gasteiger charge is 2.24. The van der Waals surface area contributed by atoms with Gasteiger partial charge in [-0.2, -0.15) is 0 Å². The first-order valence-electron chi connectivity index (χ1n) is 5.98. The van der Waals surface area contributed by atoms with E-state index in [9.17, 15) is 5.11 Å². The van der Waals surface area contributed by atoms with Crippen molar-refractivity contribution in [3.8, 4) is 0 Å². The number of aliphatic hydroxyl groups is 1. The molecule has 0 radical (unpaired) electrons. The molecule has 0 spiro atoms. The third-order valence-corrected chi connectivity index (χ3v) is 2.87. The van der Waals surface area contributed by atoms with E-state index in [1.54, 1.807) is 0 Å². The second-order valence-electron chi connectivity index (χ2n) is 4.77. The third kappa shape index (κ3) is 3.32. The van der Waals surface area contributed by atoms with Crippen molar-refractivity contribution in [2.24, 2.45) is 0 Å². The lowest BCUT2D eigenvalue weighted by atomic mass is 9.90. The van der Waals surface area contributed by atoms with Crippen LogP contribution in [0.5, 0.6) is 0 Å². The Kier molecular flexibility index (Phi) is 4.51. The van der Waals surface area contributed by atoms with Gasteiger partial charge >= 0.3 is 0 Å². The van der Waals surface area contributed by atoms with Crippen LogP contribution in [0.25, 0.3) is 0 Å². The Hall–Kier alpha value is -0.860. The summed E-state index contributed by atoms with van der Waals surface area (Å²) in [4.78, 5) is 0. The molecule has 0 fully saturated rings. The first-order chi connectivity index (χ1) is 7.47. The van der Waals surface area contributed by atoms with Crippen LogP contribution < -0.4 is 5.32 Å². The van der Waals surface area contributed by atoms with Gasteiger partial charge in [-0.15, -0.1) is 0 Å². The van der Waals surface area contributed by atoms with Crippen LogP contribution in [-0.4, -0.2) is 18.2 Å². The number of hydrogen-bond acceptors (Lipinski definition) is 2. The third-order valence-electron chi connectivity index (χ3n) is 2.87. The molecule has 0 aliphatic carbocycles. The molecule has 1 aromatic rings. The molecule has 2 N–H and O–H groups in total. The van der Waals surface area contributed by atoms with Gasteiger partial charge in [-0.3, -0.25) is 0 Å². The molecule has 0 saturated carbocycles. The van der Waals surface area contributed by atoms with Gasteiger partial charge in [0.1, 0.15) is 0 Å². The maximum absolute atomic E-state index is 10.5. The van der Waals surface area contributed by atoms with Gasteiger partial charge in [0.25, 0.3) is 0 Å². The van der Waals surface area contributed by atoms with Gasteiger partial charge in [-0.1, -0.05) is 30.7 Å². The molecule has 90 valence electrons. The monoisotopic (exact) mass is 221 g/mol. The molecule has 0 aliphatic heterocycles. The molecule has 0 aliphatic rings. The van der Waals surface area contributed by atoms with Gasteiger partial charge < -0.3 is 10.4 Å². The number of aryl methyl sites for hydroxylation is 2. The van der Waals surface area contributed by atoms with Gasteiger partial charge in [0.05, 0.1) is 5.60 Å². The fourth-order valence-electron chi connectivity index (χ4n) is 1.92. The molecular weight excluding hydrogens is 198 g/mol. The zero-order chi connectivity index (χ0) is 12.2. The zero-order valence-electron chi connectivity index (χ0n) is 10.8. The van der Waals surface area contributed by atoms with E-state index < -0.39 is 5.60 Å². The normalized spacial score (nSPS) is 14.8. The Balaban J connectivity index is 2.83. The van der Waals surface area contributed by atoms with Crippen LogP contribution in [0.1, 0.15) is 37.0 Å². The second-order valence-corrected chi connectivity index (χ2v) is 4.77. The molecular formula is C14H23NO. The summed E-state index contributed by atoms with van der Waals surface area (Å²) in [6.45, 7) is 9.64. The van der Waals surface area contributed by atoms with E-state index >= 15 is 0 Å². The van der Waals surface area contributed by atoms with E-state index in [0.717, 1.165) is 24.1 Å². The summed E-state index contributed by atoms with van der Waals surface area (Å²) in [7, 11) is 0. The molecule has 0 bridgehead atoms. The molecule has 1 rings (SSSR count). The quantitative estimate of drug-likeness (QED) is 0.749. The first kappa shape index (κ1) is 13.2. The van der Waals surface area contributed by atoms with Crippen molar-refractivity contribution >= 4 is 0 Å². The maximum Gasteiger partial charge on any atom is 0.0994 e. The molecule has 0 aromatic heterocycles. The molecule has 16 heavy (non-hydrogen) atoms. The molecule has 2 nitrogen and oxygen atoms in total.